The maximum Gasteiger partial charge on any atom is 0.0597 e. The zero-order valence-electron chi connectivity index (χ0n) is 73.7. The van der Waals surface area contributed by atoms with Crippen LogP contribution in [0.1, 0.15) is 0 Å². The Labute approximate surface area is 800 Å². The monoisotopic (exact) mass is 1800 g/mol. The van der Waals surface area contributed by atoms with Gasteiger partial charge in [0.15, 0.2) is 0 Å². The zero-order chi connectivity index (χ0) is 89.7. The van der Waals surface area contributed by atoms with Crippen molar-refractivity contribution in [3.63, 3.8) is 0 Å². The number of fused-ring (bicyclic) bond motifs is 34. The first-order chi connectivity index (χ1) is 67.4. The second-order valence-corrected chi connectivity index (χ2v) is 39.2. The van der Waals surface area contributed by atoms with Crippen LogP contribution in [0.4, 0.5) is 45.5 Å². The predicted octanol–water partition coefficient (Wildman–Crippen LogP) is 39.2. The third-order valence-corrected chi connectivity index (χ3v) is 31.8. The second kappa shape index (κ2) is 33.9. The summed E-state index contributed by atoms with van der Waals surface area (Å²) >= 11 is 7.56. The summed E-state index contributed by atoms with van der Waals surface area (Å²) in [6, 6.07) is 170. The summed E-state index contributed by atoms with van der Waals surface area (Å²) in [4.78, 5) is 0. The van der Waals surface area contributed by atoms with E-state index in [-0.39, 0.29) is 0 Å². The van der Waals surface area contributed by atoms with Crippen molar-refractivity contribution in [3.8, 4) is 22.3 Å². The molecule has 0 atom stereocenters. The van der Waals surface area contributed by atoms with E-state index in [1.54, 1.807) is 0 Å². The molecule has 0 unspecified atom stereocenters. The molecule has 4 N–H and O–H groups in total. The molecule has 0 aliphatic carbocycles. The van der Waals surface area contributed by atoms with E-state index in [0.29, 0.717) is 0 Å². The molecular weight excluding hydrogens is 1720 g/mol. The van der Waals surface area contributed by atoms with Crippen LogP contribution in [0, 0.1) is 0 Å². The highest BCUT2D eigenvalue weighted by Crippen LogP contribution is 2.52. The topological polar surface area (TPSA) is 48.1 Å². The summed E-state index contributed by atoms with van der Waals surface area (Å²) in [5, 5.41) is 54.1. The Bertz CT molecular complexity index is 9820. The first-order valence-corrected chi connectivity index (χ1v) is 49.5. The SMILES string of the molecule is c1ccc(-c2ccc(Nc3ccc4sc5c6ccccc6c6ccccc6c5c4c3)cc2)cc1.c1ccc(Nc2ccc3sc4c5ccccc5c5ccccc5c4c3c2)cc1.c1ccc2c(-c3ccc(Nc4cc5ccccc5c5c4sc4ccc6ccccc6c45)cc3)cccc2c1.c1ccc2c(c1)cc(Nc1cc3sc4c5ccccc5ccc4c3c3ccccc13)c1ccccc12. The Morgan fingerprint density at radius 2 is 0.493 bits per heavy atom. The van der Waals surface area contributed by atoms with E-state index in [9.17, 15) is 0 Å². The van der Waals surface area contributed by atoms with Gasteiger partial charge in [0.05, 0.1) is 10.4 Å². The fraction of sp³-hybridized carbons (Fsp3) is 0. The average molecular weight is 1800 g/mol. The van der Waals surface area contributed by atoms with Gasteiger partial charge in [-0.2, -0.15) is 0 Å². The quantitative estimate of drug-likeness (QED) is 0.103. The van der Waals surface area contributed by atoms with Crippen molar-refractivity contribution in [1.29, 1.82) is 0 Å². The van der Waals surface area contributed by atoms with E-state index >= 15 is 0 Å². The van der Waals surface area contributed by atoms with Crippen LogP contribution in [0.2, 0.25) is 0 Å². The maximum atomic E-state index is 3.86. The highest BCUT2D eigenvalue weighted by molar-refractivity contribution is 7.28. The lowest BCUT2D eigenvalue weighted by Crippen LogP contribution is -1.94. The number of hydrogen-bond acceptors (Lipinski definition) is 8. The number of rotatable bonds is 10. The molecule has 25 aromatic carbocycles. The molecule has 0 bridgehead atoms. The van der Waals surface area contributed by atoms with Crippen LogP contribution in [0.25, 0.3) is 221 Å². The molecule has 4 heterocycles. The molecule has 0 amide bonds. The number of nitrogens with one attached hydrogen (secondary N) is 4. The summed E-state index contributed by atoms with van der Waals surface area (Å²) in [6.07, 6.45) is 0. The Balaban J connectivity index is 0.0000000946. The van der Waals surface area contributed by atoms with Crippen molar-refractivity contribution in [2.24, 2.45) is 0 Å². The van der Waals surface area contributed by atoms with Gasteiger partial charge in [-0.25, -0.2) is 0 Å². The Morgan fingerprint density at radius 1 is 0.132 bits per heavy atom. The highest BCUT2D eigenvalue weighted by Gasteiger charge is 2.22. The van der Waals surface area contributed by atoms with Crippen LogP contribution in [-0.4, -0.2) is 0 Å². The Hall–Kier alpha value is -16.6. The van der Waals surface area contributed by atoms with Crippen molar-refractivity contribution in [3.05, 3.63) is 473 Å². The van der Waals surface area contributed by atoms with Gasteiger partial charge in [-0.15, -0.1) is 45.3 Å². The van der Waals surface area contributed by atoms with Gasteiger partial charge in [0, 0.05) is 137 Å². The standard InChI is InChI=1S/C36H23NS.C34H21NS.C32H21NS.C26H17NS/c1-4-12-28-23(8-1)11-7-15-29(28)25-16-19-27(20-17-25)37-32-22-26-10-3-6-14-31(26)35-34-30-13-5-2-9-24(30)18-21-33(34)38-36(32)35;1-4-12-24-21(9-1)17-18-29-33-28-16-8-7-15-27(28)31(20-32(33)36-34(24)29)35-30-19-22-10-2-3-11-23(22)25-13-5-6-14-26(25)30;1-2-8-21(9-3-1)22-14-16-23(17-15-22)33-24-18-19-30-29(20-24)31-27-12-6-4-10-25(27)26-11-5-7-13-28(26)32(31)34-30;1-2-8-17(9-3-1)27-18-14-15-24-23(16-18)25-21-12-6-4-10-19(21)20-11-5-7-13-22(20)26(25)28-24/h1-22,37H;1-20,35H;1-20,33H;1-16,27H. The van der Waals surface area contributed by atoms with Gasteiger partial charge in [0.2, 0.25) is 0 Å². The van der Waals surface area contributed by atoms with Crippen LogP contribution in [0.5, 0.6) is 0 Å². The first-order valence-electron chi connectivity index (χ1n) is 46.2. The smallest absolute Gasteiger partial charge is 0.0597 e. The van der Waals surface area contributed by atoms with Crippen LogP contribution < -0.4 is 21.3 Å². The average Bonchev–Trinajstić information content (AvgIpc) is 1.57. The van der Waals surface area contributed by atoms with Crippen LogP contribution in [0.15, 0.2) is 473 Å². The summed E-state index contributed by atoms with van der Waals surface area (Å²) in [7, 11) is 0. The lowest BCUT2D eigenvalue weighted by molar-refractivity contribution is 1.56. The fourth-order valence-corrected chi connectivity index (χ4v) is 25.8. The molecule has 29 rings (SSSR count). The van der Waals surface area contributed by atoms with Gasteiger partial charge in [-0.3, -0.25) is 0 Å². The Morgan fingerprint density at radius 3 is 1.08 bits per heavy atom. The minimum Gasteiger partial charge on any atom is -0.356 e. The van der Waals surface area contributed by atoms with Crippen LogP contribution >= 0.6 is 45.3 Å². The molecule has 638 valence electrons. The fourth-order valence-electron chi connectivity index (χ4n) is 20.8. The largest absolute Gasteiger partial charge is 0.356 e. The number of benzene rings is 25. The minimum atomic E-state index is 1.09. The van der Waals surface area contributed by atoms with E-state index in [4.69, 9.17) is 0 Å². The summed E-state index contributed by atoms with van der Waals surface area (Å²) < 4.78 is 10.7. The van der Waals surface area contributed by atoms with Gasteiger partial charge >= 0.3 is 0 Å². The third-order valence-electron chi connectivity index (χ3n) is 27.1. The molecule has 0 saturated carbocycles. The molecular formula is C128H82N4S4. The molecule has 4 nitrogen and oxygen atoms in total. The number of hydrogen-bond donors (Lipinski definition) is 4. The van der Waals surface area contributed by atoms with Crippen molar-refractivity contribution >= 4 is 290 Å². The van der Waals surface area contributed by atoms with E-state index in [0.717, 1.165) is 45.5 Å². The molecule has 4 aromatic heterocycles. The van der Waals surface area contributed by atoms with Crippen molar-refractivity contribution in [2.45, 2.75) is 0 Å². The zero-order valence-corrected chi connectivity index (χ0v) is 76.9. The molecule has 8 heteroatoms. The molecule has 0 radical (unpaired) electrons. The lowest BCUT2D eigenvalue weighted by atomic mass is 9.97. The Kier molecular flexibility index (Phi) is 20.0. The van der Waals surface area contributed by atoms with Crippen LogP contribution in [-0.2, 0) is 0 Å². The third kappa shape index (κ3) is 14.2. The van der Waals surface area contributed by atoms with E-state index in [2.05, 4.69) is 488 Å². The van der Waals surface area contributed by atoms with E-state index < -0.39 is 0 Å². The lowest BCUT2D eigenvalue weighted by Gasteiger charge is -2.15. The molecule has 0 spiro atoms. The van der Waals surface area contributed by atoms with Crippen molar-refractivity contribution < 1.29 is 0 Å². The predicted molar refractivity (Wildman–Crippen MR) is 600 cm³/mol. The summed E-state index contributed by atoms with van der Waals surface area (Å²) in [5.74, 6) is 0. The van der Waals surface area contributed by atoms with E-state index in [1.807, 2.05) is 51.4 Å². The second-order valence-electron chi connectivity index (χ2n) is 35.0. The number of anilines is 8. The van der Waals surface area contributed by atoms with Gasteiger partial charge in [-0.1, -0.05) is 376 Å². The number of thiophene rings is 4. The molecule has 0 fully saturated rings. The summed E-state index contributed by atoms with van der Waals surface area (Å²) in [5.41, 5.74) is 13.9. The van der Waals surface area contributed by atoms with Gasteiger partial charge in [0.25, 0.3) is 0 Å². The van der Waals surface area contributed by atoms with Gasteiger partial charge < -0.3 is 21.3 Å². The van der Waals surface area contributed by atoms with E-state index in [1.165, 1.54) is 221 Å². The molecule has 136 heavy (non-hydrogen) atoms. The highest BCUT2D eigenvalue weighted by atomic mass is 32.1. The minimum absolute atomic E-state index is 1.09. The van der Waals surface area contributed by atoms with Crippen molar-refractivity contribution in [2.75, 3.05) is 21.3 Å². The molecule has 0 aliphatic rings. The molecule has 0 aliphatic heterocycles. The molecule has 0 saturated heterocycles. The number of para-hydroxylation sites is 1. The maximum absolute atomic E-state index is 3.86. The van der Waals surface area contributed by atoms with Gasteiger partial charge in [-0.05, 0) is 216 Å². The van der Waals surface area contributed by atoms with Gasteiger partial charge in [0.1, 0.15) is 0 Å². The molecule has 29 aromatic rings. The van der Waals surface area contributed by atoms with Crippen molar-refractivity contribution in [1.82, 2.24) is 0 Å². The normalized spacial score (nSPS) is 11.7. The summed E-state index contributed by atoms with van der Waals surface area (Å²) in [6.45, 7) is 0. The first kappa shape index (κ1) is 80.3. The van der Waals surface area contributed by atoms with Crippen LogP contribution in [0.3, 0.4) is 0 Å².